The summed E-state index contributed by atoms with van der Waals surface area (Å²) in [5, 5.41) is 15.4. The van der Waals surface area contributed by atoms with E-state index in [0.717, 1.165) is 11.0 Å². The normalized spacial score (nSPS) is 24.0. The number of para-hydroxylation sites is 2. The zero-order valence-electron chi connectivity index (χ0n) is 26.7. The van der Waals surface area contributed by atoms with E-state index in [-0.39, 0.29) is 18.9 Å². The van der Waals surface area contributed by atoms with Crippen molar-refractivity contribution < 1.29 is 33.8 Å². The number of amides is 3. The van der Waals surface area contributed by atoms with Crippen LogP contribution < -0.4 is 15.4 Å². The van der Waals surface area contributed by atoms with Gasteiger partial charge in [0, 0.05) is 13.0 Å². The van der Waals surface area contributed by atoms with Crippen molar-refractivity contribution in [1.82, 2.24) is 25.1 Å². The fourth-order valence-corrected chi connectivity index (χ4v) is 5.81. The van der Waals surface area contributed by atoms with Crippen LogP contribution in [-0.2, 0) is 25.7 Å². The van der Waals surface area contributed by atoms with Crippen LogP contribution in [0.4, 0.5) is 4.79 Å². The number of alkyl carbamates (subject to hydrolysis) is 1. The molecule has 1 saturated carbocycles. The number of carboxylic acids is 1. The summed E-state index contributed by atoms with van der Waals surface area (Å²) >= 11 is 0. The van der Waals surface area contributed by atoms with Crippen molar-refractivity contribution >= 4 is 34.9 Å². The maximum atomic E-state index is 14.2. The fourth-order valence-electron chi connectivity index (χ4n) is 5.81. The minimum absolute atomic E-state index is 0.0219. The van der Waals surface area contributed by atoms with Crippen LogP contribution in [0.25, 0.3) is 11.0 Å². The minimum atomic E-state index is -1.37. The molecule has 3 N–H and O–H groups in total. The standard InChI is InChI=1S/C32H45N5O7/c1-9-15-36-22-14-12-11-13-21(22)33-28(36)43-20-16-23(25(38)35-32(27(40)41)17-19(32)10-2)37(18-20)26(39)24(30(3,4)5)34-29(42)44-31(6,7)8/h9,11-14,19-20,23-24H,1,10,15-18H2,2-8H3,(H,34,42)(H,35,38)(H,40,41)/t19?,20-,23+,24-,32?/m1/s1. The average Bonchev–Trinajstić information content (AvgIpc) is 3.30. The molecular weight excluding hydrogens is 566 g/mol. The first-order valence-corrected chi connectivity index (χ1v) is 15.1. The van der Waals surface area contributed by atoms with Gasteiger partial charge in [-0.2, -0.15) is 4.98 Å². The maximum absolute atomic E-state index is 14.2. The van der Waals surface area contributed by atoms with Crippen LogP contribution in [0, 0.1) is 11.3 Å². The molecule has 12 nitrogen and oxygen atoms in total. The second-order valence-electron chi connectivity index (χ2n) is 13.8. The van der Waals surface area contributed by atoms with Crippen molar-refractivity contribution in [2.24, 2.45) is 11.3 Å². The second-order valence-corrected chi connectivity index (χ2v) is 13.8. The predicted octanol–water partition coefficient (Wildman–Crippen LogP) is 3.88. The van der Waals surface area contributed by atoms with E-state index >= 15 is 0 Å². The summed E-state index contributed by atoms with van der Waals surface area (Å²) in [4.78, 5) is 59.0. The van der Waals surface area contributed by atoms with Gasteiger partial charge in [-0.1, -0.05) is 52.3 Å². The number of allylic oxidation sites excluding steroid dienone is 1. The summed E-state index contributed by atoms with van der Waals surface area (Å²) in [6.07, 6.45) is 1.34. The van der Waals surface area contributed by atoms with E-state index in [9.17, 15) is 24.3 Å². The highest BCUT2D eigenvalue weighted by Crippen LogP contribution is 2.46. The monoisotopic (exact) mass is 611 g/mol. The first-order chi connectivity index (χ1) is 20.5. The predicted molar refractivity (Wildman–Crippen MR) is 164 cm³/mol. The number of imidazole rings is 1. The van der Waals surface area contributed by atoms with Crippen molar-refractivity contribution in [1.29, 1.82) is 0 Å². The molecule has 44 heavy (non-hydrogen) atoms. The highest BCUT2D eigenvalue weighted by Gasteiger charge is 2.61. The van der Waals surface area contributed by atoms with Gasteiger partial charge in [-0.3, -0.25) is 14.2 Å². The summed E-state index contributed by atoms with van der Waals surface area (Å²) in [5.74, 6) is -2.37. The number of hydrogen-bond donors (Lipinski definition) is 3. The maximum Gasteiger partial charge on any atom is 0.408 e. The Balaban J connectivity index is 1.65. The molecule has 1 aromatic carbocycles. The van der Waals surface area contributed by atoms with E-state index < -0.39 is 58.6 Å². The molecule has 2 unspecified atom stereocenters. The zero-order valence-corrected chi connectivity index (χ0v) is 26.7. The summed E-state index contributed by atoms with van der Waals surface area (Å²) in [6.45, 7) is 16.8. The van der Waals surface area contributed by atoms with Crippen molar-refractivity contribution in [3.8, 4) is 6.01 Å². The Morgan fingerprint density at radius 3 is 2.43 bits per heavy atom. The third-order valence-corrected chi connectivity index (χ3v) is 8.15. The SMILES string of the molecule is C=CCn1c(O[C@@H]2C[C@@H](C(=O)NC3(C(=O)O)CC3CC)N(C(=O)[C@@H](NC(=O)OC(C)(C)C)C(C)(C)C)C2)nc2ccccc21. The van der Waals surface area contributed by atoms with Gasteiger partial charge in [-0.15, -0.1) is 6.58 Å². The molecule has 0 radical (unpaired) electrons. The number of rotatable bonds is 10. The van der Waals surface area contributed by atoms with E-state index in [4.69, 9.17) is 9.47 Å². The Morgan fingerprint density at radius 2 is 1.86 bits per heavy atom. The topological polar surface area (TPSA) is 152 Å². The van der Waals surface area contributed by atoms with E-state index in [1.165, 1.54) is 4.90 Å². The van der Waals surface area contributed by atoms with Crippen molar-refractivity contribution in [2.75, 3.05) is 6.54 Å². The molecule has 0 spiro atoms. The van der Waals surface area contributed by atoms with Crippen LogP contribution >= 0.6 is 0 Å². The van der Waals surface area contributed by atoms with Gasteiger partial charge in [-0.05, 0) is 50.7 Å². The van der Waals surface area contributed by atoms with Crippen molar-refractivity contribution in [3.05, 3.63) is 36.9 Å². The lowest BCUT2D eigenvalue weighted by molar-refractivity contribution is -0.146. The molecule has 1 aromatic heterocycles. The Bertz CT molecular complexity index is 1440. The van der Waals surface area contributed by atoms with Crippen molar-refractivity contribution in [3.63, 3.8) is 0 Å². The third kappa shape index (κ3) is 6.84. The number of ether oxygens (including phenoxy) is 2. The average molecular weight is 612 g/mol. The highest BCUT2D eigenvalue weighted by molar-refractivity contribution is 5.96. The molecule has 1 aliphatic heterocycles. The number of fused-ring (bicyclic) bond motifs is 1. The van der Waals surface area contributed by atoms with Crippen LogP contribution in [0.1, 0.15) is 67.7 Å². The minimum Gasteiger partial charge on any atom is -0.479 e. The second kappa shape index (κ2) is 12.1. The van der Waals surface area contributed by atoms with Gasteiger partial charge in [0.25, 0.3) is 6.01 Å². The van der Waals surface area contributed by atoms with Gasteiger partial charge in [0.2, 0.25) is 11.8 Å². The number of carbonyl (C=O) groups excluding carboxylic acids is 3. The third-order valence-electron chi connectivity index (χ3n) is 8.15. The summed E-state index contributed by atoms with van der Waals surface area (Å²) in [5.41, 5.74) is -1.33. The van der Waals surface area contributed by atoms with E-state index in [0.29, 0.717) is 25.4 Å². The van der Waals surface area contributed by atoms with Gasteiger partial charge in [-0.25, -0.2) is 9.59 Å². The number of hydrogen-bond acceptors (Lipinski definition) is 7. The van der Waals surface area contributed by atoms with Gasteiger partial charge < -0.3 is 30.1 Å². The van der Waals surface area contributed by atoms with E-state index in [1.807, 2.05) is 35.8 Å². The Labute approximate surface area is 258 Å². The largest absolute Gasteiger partial charge is 0.479 e. The molecule has 2 heterocycles. The van der Waals surface area contributed by atoms with Crippen LogP contribution in [0.2, 0.25) is 0 Å². The van der Waals surface area contributed by atoms with Crippen LogP contribution in [-0.4, -0.2) is 79.3 Å². The summed E-state index contributed by atoms with van der Waals surface area (Å²) in [7, 11) is 0. The molecule has 12 heteroatoms. The zero-order chi connectivity index (χ0) is 32.6. The fraction of sp³-hybridized carbons (Fsp3) is 0.594. The molecule has 2 fully saturated rings. The highest BCUT2D eigenvalue weighted by atomic mass is 16.6. The van der Waals surface area contributed by atoms with Crippen LogP contribution in [0.15, 0.2) is 36.9 Å². The molecule has 1 aliphatic carbocycles. The first kappa shape index (κ1) is 32.8. The van der Waals surface area contributed by atoms with Crippen LogP contribution in [0.3, 0.4) is 0 Å². The molecule has 5 atom stereocenters. The van der Waals surface area contributed by atoms with Crippen molar-refractivity contribution in [2.45, 2.75) is 104 Å². The van der Waals surface area contributed by atoms with E-state index in [2.05, 4.69) is 22.2 Å². The molecule has 2 aromatic rings. The smallest absolute Gasteiger partial charge is 0.408 e. The number of benzene rings is 1. The number of carboxylic acid groups (broad SMARTS) is 1. The molecule has 1 saturated heterocycles. The quantitative estimate of drug-likeness (QED) is 0.343. The lowest BCUT2D eigenvalue weighted by Gasteiger charge is -2.35. The molecule has 3 amide bonds. The number of nitrogens with zero attached hydrogens (tertiary/aromatic N) is 3. The lowest BCUT2D eigenvalue weighted by atomic mass is 9.85. The molecule has 0 bridgehead atoms. The number of nitrogens with one attached hydrogen (secondary N) is 2. The number of likely N-dealkylation sites (tertiary alicyclic amines) is 1. The van der Waals surface area contributed by atoms with Gasteiger partial charge in [0.1, 0.15) is 29.3 Å². The summed E-state index contributed by atoms with van der Waals surface area (Å²) < 4.78 is 13.6. The van der Waals surface area contributed by atoms with Crippen LogP contribution in [0.5, 0.6) is 6.01 Å². The Hall–Kier alpha value is -4.09. The van der Waals surface area contributed by atoms with E-state index in [1.54, 1.807) is 47.6 Å². The summed E-state index contributed by atoms with van der Waals surface area (Å²) in [6, 6.07) is 5.79. The van der Waals surface area contributed by atoms with Gasteiger partial charge >= 0.3 is 12.1 Å². The lowest BCUT2D eigenvalue weighted by Crippen LogP contribution is -2.59. The number of aliphatic carboxylic acids is 1. The Morgan fingerprint density at radius 1 is 1.18 bits per heavy atom. The first-order valence-electron chi connectivity index (χ1n) is 15.1. The molecule has 240 valence electrons. The number of carbonyl (C=O) groups is 4. The number of aromatic nitrogens is 2. The van der Waals surface area contributed by atoms with Gasteiger partial charge in [0.05, 0.1) is 17.6 Å². The molecular formula is C32H45N5O7. The van der Waals surface area contributed by atoms with Gasteiger partial charge in [0.15, 0.2) is 0 Å². The molecule has 4 rings (SSSR count). The molecule has 2 aliphatic rings. The Kier molecular flexibility index (Phi) is 9.04.